The van der Waals surface area contributed by atoms with Crippen molar-refractivity contribution in [3.63, 3.8) is 0 Å². The van der Waals surface area contributed by atoms with E-state index in [1.165, 1.54) is 10.8 Å². The second kappa shape index (κ2) is 4.70. The van der Waals surface area contributed by atoms with E-state index in [4.69, 9.17) is 0 Å². The van der Waals surface area contributed by atoms with Gasteiger partial charge in [0.2, 0.25) is 0 Å². The molecule has 0 aliphatic rings. The summed E-state index contributed by atoms with van der Waals surface area (Å²) in [4.78, 5) is 27.3. The number of nitrogens with zero attached hydrogens (tertiary/aromatic N) is 2. The molecule has 1 heterocycles. The van der Waals surface area contributed by atoms with E-state index >= 15 is 0 Å². The monoisotopic (exact) mass is 272 g/mol. The zero-order chi connectivity index (χ0) is 11.6. The molecule has 1 atom stereocenters. The second-order valence-corrected chi connectivity index (χ2v) is 4.18. The first kappa shape index (κ1) is 12.1. The van der Waals surface area contributed by atoms with Crippen LogP contribution in [0.25, 0.3) is 0 Å². The third-order valence-corrected chi connectivity index (χ3v) is 2.88. The molecule has 82 valence electrons. The minimum Gasteiger partial charge on any atom is -0.297 e. The molecule has 0 N–H and O–H groups in total. The van der Waals surface area contributed by atoms with Crippen molar-refractivity contribution >= 4 is 21.7 Å². The van der Waals surface area contributed by atoms with E-state index in [-0.39, 0.29) is 11.3 Å². The molecular weight excluding hydrogens is 260 g/mol. The van der Waals surface area contributed by atoms with Crippen molar-refractivity contribution in [3.8, 4) is 0 Å². The minimum atomic E-state index is -0.451. The third kappa shape index (κ3) is 2.34. The summed E-state index contributed by atoms with van der Waals surface area (Å²) in [6, 6.07) is -0.451. The van der Waals surface area contributed by atoms with E-state index < -0.39 is 6.04 Å². The van der Waals surface area contributed by atoms with Crippen LogP contribution >= 0.6 is 15.9 Å². The van der Waals surface area contributed by atoms with Crippen LogP contribution in [-0.4, -0.2) is 15.3 Å². The van der Waals surface area contributed by atoms with Crippen LogP contribution in [0.5, 0.6) is 0 Å². The molecule has 0 amide bonds. The Labute approximate surface area is 96.5 Å². The topological polar surface area (TPSA) is 52.0 Å². The van der Waals surface area contributed by atoms with Crippen molar-refractivity contribution in [2.45, 2.75) is 33.2 Å². The summed E-state index contributed by atoms with van der Waals surface area (Å²) >= 11 is 3.11. The van der Waals surface area contributed by atoms with Crippen molar-refractivity contribution in [1.29, 1.82) is 0 Å². The zero-order valence-corrected chi connectivity index (χ0v) is 10.5. The Morgan fingerprint density at radius 2 is 2.27 bits per heavy atom. The maximum absolute atomic E-state index is 11.8. The molecule has 0 saturated carbocycles. The Morgan fingerprint density at radius 1 is 1.67 bits per heavy atom. The Morgan fingerprint density at radius 3 is 2.80 bits per heavy atom. The fourth-order valence-corrected chi connectivity index (χ4v) is 1.72. The van der Waals surface area contributed by atoms with Crippen molar-refractivity contribution in [2.75, 3.05) is 0 Å². The highest BCUT2D eigenvalue weighted by Gasteiger charge is 2.17. The third-order valence-electron chi connectivity index (χ3n) is 2.34. The molecule has 0 fully saturated rings. The van der Waals surface area contributed by atoms with E-state index in [1.807, 2.05) is 0 Å². The fraction of sp³-hybridized carbons (Fsp3) is 0.500. The number of ketones is 1. The van der Waals surface area contributed by atoms with Crippen LogP contribution in [0.15, 0.2) is 15.5 Å². The molecule has 5 heteroatoms. The van der Waals surface area contributed by atoms with Gasteiger partial charge in [-0.3, -0.25) is 14.2 Å². The fourth-order valence-electron chi connectivity index (χ4n) is 1.43. The summed E-state index contributed by atoms with van der Waals surface area (Å²) in [5.74, 6) is 0.581. The molecule has 1 aromatic heterocycles. The highest BCUT2D eigenvalue weighted by atomic mass is 79.9. The highest BCUT2D eigenvalue weighted by Crippen LogP contribution is 2.10. The molecular formula is C10H13BrN2O2. The smallest absolute Gasteiger partial charge is 0.268 e. The van der Waals surface area contributed by atoms with Gasteiger partial charge >= 0.3 is 0 Å². The number of aromatic nitrogens is 2. The summed E-state index contributed by atoms with van der Waals surface area (Å²) in [5, 5.41) is 0. The van der Waals surface area contributed by atoms with Gasteiger partial charge in [0.15, 0.2) is 5.78 Å². The number of Topliss-reactive ketones (excluding diaryl/α,β-unsaturated/α-hetero) is 1. The van der Waals surface area contributed by atoms with Crippen LogP contribution in [0.2, 0.25) is 0 Å². The largest absolute Gasteiger partial charge is 0.297 e. The average Bonchev–Trinajstić information content (AvgIpc) is 2.22. The van der Waals surface area contributed by atoms with E-state index in [9.17, 15) is 9.59 Å². The van der Waals surface area contributed by atoms with Gasteiger partial charge in [0.25, 0.3) is 5.56 Å². The molecule has 4 nitrogen and oxygen atoms in total. The number of halogens is 1. The normalized spacial score (nSPS) is 12.5. The summed E-state index contributed by atoms with van der Waals surface area (Å²) in [7, 11) is 0. The van der Waals surface area contributed by atoms with Crippen LogP contribution in [0, 0.1) is 6.92 Å². The van der Waals surface area contributed by atoms with Crippen molar-refractivity contribution in [2.24, 2.45) is 0 Å². The van der Waals surface area contributed by atoms with Gasteiger partial charge < -0.3 is 0 Å². The first-order valence-electron chi connectivity index (χ1n) is 4.75. The molecule has 0 aliphatic heterocycles. The molecule has 0 saturated heterocycles. The lowest BCUT2D eigenvalue weighted by atomic mass is 10.1. The van der Waals surface area contributed by atoms with E-state index in [0.717, 1.165) is 0 Å². The summed E-state index contributed by atoms with van der Waals surface area (Å²) in [6.07, 6.45) is 1.87. The molecule has 0 bridgehead atoms. The number of aryl methyl sites for hydroxylation is 1. The predicted octanol–water partition coefficient (Wildman–Crippen LogP) is 1.85. The summed E-state index contributed by atoms with van der Waals surface area (Å²) in [5.41, 5.74) is -0.211. The van der Waals surface area contributed by atoms with Gasteiger partial charge in [-0.25, -0.2) is 4.98 Å². The van der Waals surface area contributed by atoms with Crippen LogP contribution < -0.4 is 5.56 Å². The molecule has 0 radical (unpaired) electrons. The maximum Gasteiger partial charge on any atom is 0.268 e. The molecule has 1 unspecified atom stereocenters. The van der Waals surface area contributed by atoms with Crippen LogP contribution in [0.1, 0.15) is 32.1 Å². The van der Waals surface area contributed by atoms with Gasteiger partial charge in [0.05, 0.1) is 6.04 Å². The molecule has 1 rings (SSSR count). The van der Waals surface area contributed by atoms with E-state index in [2.05, 4.69) is 20.9 Å². The lowest BCUT2D eigenvalue weighted by Gasteiger charge is -2.15. The molecule has 0 aliphatic carbocycles. The van der Waals surface area contributed by atoms with E-state index in [1.54, 1.807) is 20.8 Å². The second-order valence-electron chi connectivity index (χ2n) is 3.32. The molecule has 1 aromatic rings. The average molecular weight is 273 g/mol. The number of carbonyl (C=O) groups is 1. The Hall–Kier alpha value is -0.970. The first-order valence-corrected chi connectivity index (χ1v) is 5.54. The quantitative estimate of drug-likeness (QED) is 0.844. The van der Waals surface area contributed by atoms with Gasteiger partial charge in [-0.1, -0.05) is 6.92 Å². The lowest BCUT2D eigenvalue weighted by Crippen LogP contribution is -2.30. The van der Waals surface area contributed by atoms with Crippen LogP contribution in [0.4, 0.5) is 0 Å². The Balaban J connectivity index is 3.30. The minimum absolute atomic E-state index is 0.0279. The Kier molecular flexibility index (Phi) is 3.79. The van der Waals surface area contributed by atoms with Gasteiger partial charge in [0, 0.05) is 12.6 Å². The number of hydrogen-bond acceptors (Lipinski definition) is 3. The Bertz CT molecular complexity index is 440. The number of hydrogen-bond donors (Lipinski definition) is 0. The zero-order valence-electron chi connectivity index (χ0n) is 8.95. The predicted molar refractivity (Wildman–Crippen MR) is 60.9 cm³/mol. The van der Waals surface area contributed by atoms with Crippen LogP contribution in [-0.2, 0) is 4.79 Å². The molecule has 0 aromatic carbocycles. The SMILES string of the molecule is CCC(=O)C(C)n1c(C)ncc(Br)c1=O. The van der Waals surface area contributed by atoms with Crippen LogP contribution in [0.3, 0.4) is 0 Å². The van der Waals surface area contributed by atoms with Gasteiger partial charge in [-0.15, -0.1) is 0 Å². The lowest BCUT2D eigenvalue weighted by molar-refractivity contribution is -0.121. The maximum atomic E-state index is 11.8. The summed E-state index contributed by atoms with van der Waals surface area (Å²) < 4.78 is 1.79. The first-order chi connectivity index (χ1) is 6.99. The van der Waals surface area contributed by atoms with Gasteiger partial charge in [0.1, 0.15) is 10.3 Å². The highest BCUT2D eigenvalue weighted by molar-refractivity contribution is 9.10. The molecule has 0 spiro atoms. The van der Waals surface area contributed by atoms with Crippen molar-refractivity contribution < 1.29 is 4.79 Å². The number of rotatable bonds is 3. The summed E-state index contributed by atoms with van der Waals surface area (Å²) in [6.45, 7) is 5.21. The number of carbonyl (C=O) groups excluding carboxylic acids is 1. The van der Waals surface area contributed by atoms with Gasteiger partial charge in [-0.05, 0) is 29.8 Å². The van der Waals surface area contributed by atoms with Crippen molar-refractivity contribution in [1.82, 2.24) is 9.55 Å². The van der Waals surface area contributed by atoms with Gasteiger partial charge in [-0.2, -0.15) is 0 Å². The standard InChI is InChI=1S/C10H13BrN2O2/c1-4-9(14)6(2)13-7(3)12-5-8(11)10(13)15/h5-6H,4H2,1-3H3. The van der Waals surface area contributed by atoms with E-state index in [0.29, 0.717) is 16.7 Å². The molecule has 15 heavy (non-hydrogen) atoms. The van der Waals surface area contributed by atoms with Crippen molar-refractivity contribution in [3.05, 3.63) is 26.8 Å².